The van der Waals surface area contributed by atoms with Crippen molar-refractivity contribution in [2.24, 2.45) is 5.92 Å². The summed E-state index contributed by atoms with van der Waals surface area (Å²) in [5.74, 6) is 1.20. The Morgan fingerprint density at radius 3 is 3.15 bits per heavy atom. The van der Waals surface area contributed by atoms with Gasteiger partial charge in [-0.2, -0.15) is 0 Å². The smallest absolute Gasteiger partial charge is 0.0161 e. The van der Waals surface area contributed by atoms with E-state index in [4.69, 9.17) is 0 Å². The summed E-state index contributed by atoms with van der Waals surface area (Å²) in [7, 11) is 0. The standard InChI is InChI=1S/C13H11/c1-3-7-12-10(5-1)9-11-6-2-4-8-13(11)12/h1-7,11,13H,9H2. The van der Waals surface area contributed by atoms with Crippen molar-refractivity contribution in [3.63, 3.8) is 0 Å². The van der Waals surface area contributed by atoms with E-state index in [1.807, 2.05) is 6.08 Å². The van der Waals surface area contributed by atoms with Gasteiger partial charge in [0, 0.05) is 5.92 Å². The Morgan fingerprint density at radius 1 is 1.23 bits per heavy atom. The third-order valence-corrected chi connectivity index (χ3v) is 3.00. The molecule has 0 aliphatic heterocycles. The molecule has 1 radical (unpaired) electrons. The zero-order valence-electron chi connectivity index (χ0n) is 7.40. The monoisotopic (exact) mass is 167 g/mol. The predicted molar refractivity (Wildman–Crippen MR) is 53.3 cm³/mol. The zero-order chi connectivity index (χ0) is 8.67. The molecule has 0 aromatic heterocycles. The van der Waals surface area contributed by atoms with Crippen LogP contribution in [0.2, 0.25) is 0 Å². The van der Waals surface area contributed by atoms with E-state index >= 15 is 0 Å². The average Bonchev–Trinajstić information content (AvgIpc) is 2.56. The highest BCUT2D eigenvalue weighted by Crippen LogP contribution is 2.40. The molecule has 0 bridgehead atoms. The maximum Gasteiger partial charge on any atom is 0.0161 e. The van der Waals surface area contributed by atoms with E-state index in [0.29, 0.717) is 11.8 Å². The van der Waals surface area contributed by atoms with E-state index in [1.165, 1.54) is 17.5 Å². The highest BCUT2D eigenvalue weighted by Gasteiger charge is 2.29. The lowest BCUT2D eigenvalue weighted by atomic mass is 9.89. The van der Waals surface area contributed by atoms with Crippen LogP contribution in [0.5, 0.6) is 0 Å². The topological polar surface area (TPSA) is 0 Å². The number of hydrogen-bond acceptors (Lipinski definition) is 0. The highest BCUT2D eigenvalue weighted by molar-refractivity contribution is 5.41. The summed E-state index contributed by atoms with van der Waals surface area (Å²) in [6, 6.07) is 8.73. The van der Waals surface area contributed by atoms with Gasteiger partial charge in [-0.15, -0.1) is 0 Å². The van der Waals surface area contributed by atoms with Crippen molar-refractivity contribution in [1.82, 2.24) is 0 Å². The summed E-state index contributed by atoms with van der Waals surface area (Å²) < 4.78 is 0. The predicted octanol–water partition coefficient (Wildman–Crippen LogP) is 2.87. The van der Waals surface area contributed by atoms with Gasteiger partial charge in [-0.05, 0) is 29.5 Å². The fourth-order valence-corrected chi connectivity index (χ4v) is 2.38. The number of rotatable bonds is 0. The van der Waals surface area contributed by atoms with E-state index in [9.17, 15) is 0 Å². The van der Waals surface area contributed by atoms with Crippen LogP contribution in [0.15, 0.2) is 42.5 Å². The van der Waals surface area contributed by atoms with E-state index in [2.05, 4.69) is 42.5 Å². The summed E-state index contributed by atoms with van der Waals surface area (Å²) in [6.45, 7) is 0. The second-order valence-corrected chi connectivity index (χ2v) is 3.76. The molecule has 0 heteroatoms. The molecule has 1 aromatic carbocycles. The van der Waals surface area contributed by atoms with Gasteiger partial charge in [-0.3, -0.25) is 0 Å². The van der Waals surface area contributed by atoms with Crippen LogP contribution >= 0.6 is 0 Å². The molecule has 0 nitrogen and oxygen atoms in total. The quantitative estimate of drug-likeness (QED) is 0.557. The van der Waals surface area contributed by atoms with Gasteiger partial charge in [-0.1, -0.05) is 42.5 Å². The zero-order valence-corrected chi connectivity index (χ0v) is 7.40. The van der Waals surface area contributed by atoms with Gasteiger partial charge in [0.1, 0.15) is 0 Å². The maximum absolute atomic E-state index is 3.43. The van der Waals surface area contributed by atoms with Gasteiger partial charge in [-0.25, -0.2) is 0 Å². The van der Waals surface area contributed by atoms with Crippen molar-refractivity contribution >= 4 is 0 Å². The molecule has 2 atom stereocenters. The summed E-state index contributed by atoms with van der Waals surface area (Å²) >= 11 is 0. The minimum atomic E-state index is 0.529. The second kappa shape index (κ2) is 2.59. The van der Waals surface area contributed by atoms with E-state index < -0.39 is 0 Å². The number of allylic oxidation sites excluding steroid dienone is 4. The van der Waals surface area contributed by atoms with Crippen LogP contribution in [0, 0.1) is 12.0 Å². The third kappa shape index (κ3) is 0.983. The van der Waals surface area contributed by atoms with Gasteiger partial charge >= 0.3 is 0 Å². The Bertz CT molecular complexity index is 385. The molecule has 2 unspecified atom stereocenters. The van der Waals surface area contributed by atoms with Crippen molar-refractivity contribution in [3.05, 3.63) is 59.7 Å². The van der Waals surface area contributed by atoms with Gasteiger partial charge in [0.2, 0.25) is 0 Å². The Balaban J connectivity index is 2.12. The van der Waals surface area contributed by atoms with Crippen molar-refractivity contribution in [1.29, 1.82) is 0 Å². The van der Waals surface area contributed by atoms with Crippen LogP contribution in [-0.2, 0) is 6.42 Å². The Labute approximate surface area is 78.6 Å². The highest BCUT2D eigenvalue weighted by atomic mass is 14.3. The fourth-order valence-electron chi connectivity index (χ4n) is 2.38. The van der Waals surface area contributed by atoms with Crippen LogP contribution < -0.4 is 0 Å². The molecule has 0 spiro atoms. The first-order valence-electron chi connectivity index (χ1n) is 4.79. The first-order valence-corrected chi connectivity index (χ1v) is 4.79. The average molecular weight is 167 g/mol. The summed E-state index contributed by atoms with van der Waals surface area (Å²) in [6.07, 6.45) is 11.1. The minimum absolute atomic E-state index is 0.529. The molecular weight excluding hydrogens is 156 g/mol. The molecule has 0 N–H and O–H groups in total. The van der Waals surface area contributed by atoms with E-state index in [-0.39, 0.29) is 0 Å². The van der Waals surface area contributed by atoms with Gasteiger partial charge in [0.25, 0.3) is 0 Å². The SMILES string of the molecule is [C]1=CC=CC2Cc3ccccc3C12. The van der Waals surface area contributed by atoms with Crippen LogP contribution in [0.4, 0.5) is 0 Å². The molecule has 0 heterocycles. The van der Waals surface area contributed by atoms with Crippen molar-refractivity contribution in [2.75, 3.05) is 0 Å². The minimum Gasteiger partial charge on any atom is -0.0801 e. The summed E-state index contributed by atoms with van der Waals surface area (Å²) in [5, 5.41) is 0. The third-order valence-electron chi connectivity index (χ3n) is 3.00. The summed E-state index contributed by atoms with van der Waals surface area (Å²) in [5.41, 5.74) is 2.98. The molecule has 2 aliphatic rings. The molecule has 13 heavy (non-hydrogen) atoms. The first kappa shape index (κ1) is 7.14. The van der Waals surface area contributed by atoms with E-state index in [0.717, 1.165) is 0 Å². The first-order chi connectivity index (χ1) is 6.45. The van der Waals surface area contributed by atoms with E-state index in [1.54, 1.807) is 0 Å². The largest absolute Gasteiger partial charge is 0.0801 e. The van der Waals surface area contributed by atoms with Gasteiger partial charge in [0.05, 0.1) is 0 Å². The van der Waals surface area contributed by atoms with Crippen LogP contribution in [0.1, 0.15) is 17.0 Å². The molecular formula is C13H11. The molecule has 0 saturated heterocycles. The molecule has 0 fully saturated rings. The van der Waals surface area contributed by atoms with Gasteiger partial charge < -0.3 is 0 Å². The van der Waals surface area contributed by atoms with Crippen LogP contribution in [0.25, 0.3) is 0 Å². The second-order valence-electron chi connectivity index (χ2n) is 3.76. The lowest BCUT2D eigenvalue weighted by Gasteiger charge is -2.14. The lowest BCUT2D eigenvalue weighted by Crippen LogP contribution is -2.04. The number of benzene rings is 1. The van der Waals surface area contributed by atoms with Crippen molar-refractivity contribution < 1.29 is 0 Å². The lowest BCUT2D eigenvalue weighted by molar-refractivity contribution is 0.618. The fraction of sp³-hybridized carbons (Fsp3) is 0.231. The molecule has 2 aliphatic carbocycles. The molecule has 1 aromatic rings. The summed E-state index contributed by atoms with van der Waals surface area (Å²) in [4.78, 5) is 0. The normalized spacial score (nSPS) is 28.6. The van der Waals surface area contributed by atoms with Gasteiger partial charge in [0.15, 0.2) is 0 Å². The van der Waals surface area contributed by atoms with Crippen LogP contribution in [-0.4, -0.2) is 0 Å². The Kier molecular flexibility index (Phi) is 1.42. The van der Waals surface area contributed by atoms with Crippen molar-refractivity contribution in [2.45, 2.75) is 12.3 Å². The van der Waals surface area contributed by atoms with Crippen LogP contribution in [0.3, 0.4) is 0 Å². The Morgan fingerprint density at radius 2 is 2.15 bits per heavy atom. The number of hydrogen-bond donors (Lipinski definition) is 0. The molecule has 3 rings (SSSR count). The molecule has 63 valence electrons. The number of fused-ring (bicyclic) bond motifs is 3. The molecule has 0 amide bonds. The maximum atomic E-state index is 3.43. The van der Waals surface area contributed by atoms with Crippen molar-refractivity contribution in [3.8, 4) is 0 Å². The molecule has 0 saturated carbocycles. The Hall–Kier alpha value is -1.30.